The maximum atomic E-state index is 13.5. The van der Waals surface area contributed by atoms with Crippen molar-refractivity contribution in [1.29, 1.82) is 0 Å². The smallest absolute Gasteiger partial charge is 0.258 e. The van der Waals surface area contributed by atoms with Crippen LogP contribution in [0.5, 0.6) is 0 Å². The van der Waals surface area contributed by atoms with Gasteiger partial charge in [0.15, 0.2) is 0 Å². The molecule has 1 fully saturated rings. The van der Waals surface area contributed by atoms with Crippen molar-refractivity contribution in [2.24, 2.45) is 0 Å². The largest absolute Gasteiger partial charge is 0.342 e. The van der Waals surface area contributed by atoms with E-state index in [9.17, 15) is 9.59 Å². The Kier molecular flexibility index (Phi) is 6.46. The Bertz CT molecular complexity index is 1040. The molecule has 0 radical (unpaired) electrons. The molecule has 0 bridgehead atoms. The zero-order valence-electron chi connectivity index (χ0n) is 18.0. The molecular formula is C27H28N2O2. The molecule has 2 amide bonds. The quantitative estimate of drug-likeness (QED) is 0.571. The third-order valence-electron chi connectivity index (χ3n) is 5.87. The summed E-state index contributed by atoms with van der Waals surface area (Å²) in [5.41, 5.74) is 4.53. The molecule has 0 spiro atoms. The van der Waals surface area contributed by atoms with Crippen molar-refractivity contribution < 1.29 is 9.59 Å². The van der Waals surface area contributed by atoms with Crippen LogP contribution in [-0.2, 0) is 17.8 Å². The van der Waals surface area contributed by atoms with Crippen LogP contribution in [0.25, 0.3) is 0 Å². The van der Waals surface area contributed by atoms with E-state index in [1.807, 2.05) is 95.6 Å². The van der Waals surface area contributed by atoms with E-state index >= 15 is 0 Å². The van der Waals surface area contributed by atoms with Crippen LogP contribution < -0.4 is 4.90 Å². The minimum atomic E-state index is -0.0251. The lowest BCUT2D eigenvalue weighted by molar-refractivity contribution is -0.129. The summed E-state index contributed by atoms with van der Waals surface area (Å²) in [6, 6.07) is 25.5. The Morgan fingerprint density at radius 1 is 0.806 bits per heavy atom. The van der Waals surface area contributed by atoms with Crippen molar-refractivity contribution >= 4 is 17.5 Å². The van der Waals surface area contributed by atoms with Gasteiger partial charge in [-0.25, -0.2) is 0 Å². The van der Waals surface area contributed by atoms with Crippen LogP contribution in [-0.4, -0.2) is 29.8 Å². The number of likely N-dealkylation sites (tertiary alicyclic amines) is 1. The van der Waals surface area contributed by atoms with E-state index in [2.05, 4.69) is 0 Å². The molecule has 4 nitrogen and oxygen atoms in total. The fourth-order valence-electron chi connectivity index (χ4n) is 4.05. The highest BCUT2D eigenvalue weighted by atomic mass is 16.2. The van der Waals surface area contributed by atoms with Crippen LogP contribution in [0.3, 0.4) is 0 Å². The summed E-state index contributed by atoms with van der Waals surface area (Å²) in [6.45, 7) is 4.18. The molecule has 3 aromatic rings. The highest BCUT2D eigenvalue weighted by Crippen LogP contribution is 2.23. The third-order valence-corrected chi connectivity index (χ3v) is 5.87. The number of carbonyl (C=O) groups is 2. The van der Waals surface area contributed by atoms with Gasteiger partial charge in [-0.3, -0.25) is 9.59 Å². The van der Waals surface area contributed by atoms with E-state index in [0.29, 0.717) is 18.5 Å². The highest BCUT2D eigenvalue weighted by Gasteiger charge is 2.21. The lowest BCUT2D eigenvalue weighted by atomic mass is 10.1. The minimum absolute atomic E-state index is 0.0251. The van der Waals surface area contributed by atoms with Gasteiger partial charge in [0.1, 0.15) is 0 Å². The predicted molar refractivity (Wildman–Crippen MR) is 124 cm³/mol. The Hall–Kier alpha value is -3.40. The van der Waals surface area contributed by atoms with Crippen molar-refractivity contribution in [3.63, 3.8) is 0 Å². The molecule has 0 unspecified atom stereocenters. The van der Waals surface area contributed by atoms with Gasteiger partial charge in [0.2, 0.25) is 5.91 Å². The van der Waals surface area contributed by atoms with Gasteiger partial charge in [0.25, 0.3) is 5.91 Å². The molecule has 158 valence electrons. The van der Waals surface area contributed by atoms with Crippen LogP contribution in [0.2, 0.25) is 0 Å². The van der Waals surface area contributed by atoms with E-state index < -0.39 is 0 Å². The molecule has 1 heterocycles. The number of anilines is 1. The summed E-state index contributed by atoms with van der Waals surface area (Å²) in [6.07, 6.45) is 2.60. The topological polar surface area (TPSA) is 40.6 Å². The van der Waals surface area contributed by atoms with Crippen molar-refractivity contribution in [1.82, 2.24) is 4.90 Å². The van der Waals surface area contributed by atoms with Crippen LogP contribution in [0.4, 0.5) is 5.69 Å². The van der Waals surface area contributed by atoms with Gasteiger partial charge < -0.3 is 9.80 Å². The molecule has 0 saturated carbocycles. The summed E-state index contributed by atoms with van der Waals surface area (Å²) >= 11 is 0. The van der Waals surface area contributed by atoms with Crippen LogP contribution in [0.1, 0.15) is 39.9 Å². The minimum Gasteiger partial charge on any atom is -0.342 e. The fraction of sp³-hybridized carbons (Fsp3) is 0.259. The normalized spacial score (nSPS) is 13.3. The van der Waals surface area contributed by atoms with Crippen molar-refractivity contribution in [2.45, 2.75) is 32.7 Å². The number of carbonyl (C=O) groups excluding carboxylic acids is 2. The molecule has 1 saturated heterocycles. The summed E-state index contributed by atoms with van der Waals surface area (Å²) in [4.78, 5) is 29.7. The average Bonchev–Trinajstić information content (AvgIpc) is 3.34. The SMILES string of the molecule is Cc1ccccc1C(=O)N(Cc1ccccc1)c1ccc(CC(=O)N2CCCC2)cc1. The monoisotopic (exact) mass is 412 g/mol. The van der Waals surface area contributed by atoms with Gasteiger partial charge in [-0.05, 0) is 54.7 Å². The summed E-state index contributed by atoms with van der Waals surface area (Å²) in [5.74, 6) is 0.158. The zero-order valence-corrected chi connectivity index (χ0v) is 18.0. The molecular weight excluding hydrogens is 384 g/mol. The van der Waals surface area contributed by atoms with Gasteiger partial charge in [0, 0.05) is 24.3 Å². The first kappa shape index (κ1) is 20.9. The van der Waals surface area contributed by atoms with E-state index in [0.717, 1.165) is 48.3 Å². The van der Waals surface area contributed by atoms with E-state index in [1.165, 1.54) is 0 Å². The number of hydrogen-bond acceptors (Lipinski definition) is 2. The molecule has 3 aromatic carbocycles. The highest BCUT2D eigenvalue weighted by molar-refractivity contribution is 6.07. The van der Waals surface area contributed by atoms with Crippen LogP contribution in [0.15, 0.2) is 78.9 Å². The number of rotatable bonds is 6. The summed E-state index contributed by atoms with van der Waals surface area (Å²) in [7, 11) is 0. The molecule has 0 atom stereocenters. The number of benzene rings is 3. The molecule has 4 rings (SSSR count). The molecule has 4 heteroatoms. The predicted octanol–water partition coefficient (Wildman–Crippen LogP) is 5.01. The summed E-state index contributed by atoms with van der Waals surface area (Å²) < 4.78 is 0. The van der Waals surface area contributed by atoms with Gasteiger partial charge in [-0.15, -0.1) is 0 Å². The molecule has 31 heavy (non-hydrogen) atoms. The molecule has 0 aliphatic carbocycles. The third kappa shape index (κ3) is 5.02. The second-order valence-corrected chi connectivity index (χ2v) is 8.12. The Morgan fingerprint density at radius 2 is 1.45 bits per heavy atom. The lowest BCUT2D eigenvalue weighted by Gasteiger charge is -2.24. The Labute approximate surface area is 184 Å². The van der Waals surface area contributed by atoms with Crippen LogP contribution >= 0.6 is 0 Å². The standard InChI is InChI=1S/C27H28N2O2/c1-21-9-5-6-12-25(21)27(31)29(20-23-10-3-2-4-11-23)24-15-13-22(14-16-24)19-26(30)28-17-7-8-18-28/h2-6,9-16H,7-8,17-20H2,1H3. The number of aryl methyl sites for hydroxylation is 1. The van der Waals surface area contributed by atoms with Crippen LogP contribution in [0, 0.1) is 6.92 Å². The first-order valence-electron chi connectivity index (χ1n) is 10.9. The second-order valence-electron chi connectivity index (χ2n) is 8.12. The van der Waals surface area contributed by atoms with E-state index in [-0.39, 0.29) is 11.8 Å². The molecule has 0 N–H and O–H groups in total. The Balaban J connectivity index is 1.58. The molecule has 0 aromatic heterocycles. The summed E-state index contributed by atoms with van der Waals surface area (Å²) in [5, 5.41) is 0. The van der Waals surface area contributed by atoms with Crippen molar-refractivity contribution in [2.75, 3.05) is 18.0 Å². The second kappa shape index (κ2) is 9.61. The van der Waals surface area contributed by atoms with Gasteiger partial charge >= 0.3 is 0 Å². The van der Waals surface area contributed by atoms with E-state index in [4.69, 9.17) is 0 Å². The first-order chi connectivity index (χ1) is 15.1. The van der Waals surface area contributed by atoms with Gasteiger partial charge in [-0.1, -0.05) is 60.7 Å². The maximum Gasteiger partial charge on any atom is 0.258 e. The zero-order chi connectivity index (χ0) is 21.6. The number of nitrogens with zero attached hydrogens (tertiary/aromatic N) is 2. The van der Waals surface area contributed by atoms with Gasteiger partial charge in [0.05, 0.1) is 13.0 Å². The van der Waals surface area contributed by atoms with Crippen molar-refractivity contribution in [3.8, 4) is 0 Å². The number of amides is 2. The molecule has 1 aliphatic heterocycles. The first-order valence-corrected chi connectivity index (χ1v) is 10.9. The van der Waals surface area contributed by atoms with Gasteiger partial charge in [-0.2, -0.15) is 0 Å². The maximum absolute atomic E-state index is 13.5. The Morgan fingerprint density at radius 3 is 2.13 bits per heavy atom. The number of hydrogen-bond donors (Lipinski definition) is 0. The fourth-order valence-corrected chi connectivity index (χ4v) is 4.05. The molecule has 1 aliphatic rings. The van der Waals surface area contributed by atoms with Crippen molar-refractivity contribution in [3.05, 3.63) is 101 Å². The lowest BCUT2D eigenvalue weighted by Crippen LogP contribution is -2.31. The average molecular weight is 413 g/mol. The van der Waals surface area contributed by atoms with E-state index in [1.54, 1.807) is 0 Å².